The molecule has 3 nitrogen and oxygen atoms in total. The molecule has 0 amide bonds. The number of nitrogens with two attached hydrogens (primary N) is 1. The van der Waals surface area contributed by atoms with Gasteiger partial charge in [0.1, 0.15) is 5.54 Å². The summed E-state index contributed by atoms with van der Waals surface area (Å²) in [6.45, 7) is 6.01. The smallest absolute Gasteiger partial charge is 0.326 e. The maximum atomic E-state index is 11.4. The Morgan fingerprint density at radius 3 is 2.39 bits per heavy atom. The van der Waals surface area contributed by atoms with Crippen molar-refractivity contribution < 1.29 is 9.53 Å². The predicted molar refractivity (Wildman–Crippen MR) is 75.9 cm³/mol. The minimum atomic E-state index is -0.948. The minimum absolute atomic E-state index is 0.381. The monoisotopic (exact) mass is 267 g/mol. The molecular formula is C14H21NO2S. The molecule has 1 atom stereocenters. The fourth-order valence-electron chi connectivity index (χ4n) is 1.47. The second-order valence-corrected chi connectivity index (χ2v) is 5.97. The van der Waals surface area contributed by atoms with Crippen molar-refractivity contribution in [1.29, 1.82) is 0 Å². The van der Waals surface area contributed by atoms with Crippen molar-refractivity contribution in [2.75, 3.05) is 12.9 Å². The quantitative estimate of drug-likeness (QED) is 0.658. The van der Waals surface area contributed by atoms with Crippen molar-refractivity contribution in [3.63, 3.8) is 0 Å². The van der Waals surface area contributed by atoms with Crippen molar-refractivity contribution in [3.05, 3.63) is 29.8 Å². The molecule has 1 rings (SSSR count). The van der Waals surface area contributed by atoms with Crippen LogP contribution >= 0.6 is 11.8 Å². The highest BCUT2D eigenvalue weighted by Gasteiger charge is 2.29. The van der Waals surface area contributed by atoms with E-state index in [1.807, 2.05) is 0 Å². The third-order valence-corrected chi connectivity index (χ3v) is 4.09. The van der Waals surface area contributed by atoms with E-state index in [1.165, 1.54) is 12.7 Å². The van der Waals surface area contributed by atoms with Gasteiger partial charge < -0.3 is 10.5 Å². The third kappa shape index (κ3) is 4.03. The summed E-state index contributed by atoms with van der Waals surface area (Å²) in [5.41, 5.74) is 6.26. The lowest BCUT2D eigenvalue weighted by Crippen LogP contribution is -2.48. The van der Waals surface area contributed by atoms with Gasteiger partial charge in [-0.15, -0.1) is 11.8 Å². The van der Waals surface area contributed by atoms with Crippen LogP contribution in [0.1, 0.15) is 32.3 Å². The maximum Gasteiger partial charge on any atom is 0.326 e. The van der Waals surface area contributed by atoms with Crippen LogP contribution in [0.15, 0.2) is 29.2 Å². The Morgan fingerprint density at radius 1 is 1.39 bits per heavy atom. The highest BCUT2D eigenvalue weighted by Crippen LogP contribution is 2.24. The van der Waals surface area contributed by atoms with Crippen molar-refractivity contribution in [3.8, 4) is 0 Å². The summed E-state index contributed by atoms with van der Waals surface area (Å²) in [6, 6.07) is 8.35. The molecular weight excluding hydrogens is 246 g/mol. The first-order chi connectivity index (χ1) is 8.36. The molecule has 4 heteroatoms. The number of hydrogen-bond donors (Lipinski definition) is 1. The van der Waals surface area contributed by atoms with Gasteiger partial charge in [0.15, 0.2) is 0 Å². The number of methoxy groups -OCH3 is 1. The normalized spacial score (nSPS) is 14.3. The average Bonchev–Trinajstić information content (AvgIpc) is 2.35. The van der Waals surface area contributed by atoms with Gasteiger partial charge in [0.2, 0.25) is 0 Å². The molecule has 18 heavy (non-hydrogen) atoms. The molecule has 0 bridgehead atoms. The second kappa shape index (κ2) is 6.25. The summed E-state index contributed by atoms with van der Waals surface area (Å²) in [7, 11) is 1.36. The largest absolute Gasteiger partial charge is 0.468 e. The zero-order chi connectivity index (χ0) is 13.8. The van der Waals surface area contributed by atoms with Crippen LogP contribution in [0.3, 0.4) is 0 Å². The van der Waals surface area contributed by atoms with Gasteiger partial charge in [-0.3, -0.25) is 4.79 Å². The lowest BCUT2D eigenvalue weighted by atomic mass is 10.0. The average molecular weight is 267 g/mol. The summed E-state index contributed by atoms with van der Waals surface area (Å²) >= 11 is 1.57. The number of thioether (sulfide) groups is 1. The van der Waals surface area contributed by atoms with Crippen LogP contribution in [0.2, 0.25) is 0 Å². The Kier molecular flexibility index (Phi) is 5.23. The van der Waals surface area contributed by atoms with Crippen LogP contribution in [0.25, 0.3) is 0 Å². The van der Waals surface area contributed by atoms with Crippen molar-refractivity contribution in [2.24, 2.45) is 5.73 Å². The topological polar surface area (TPSA) is 52.3 Å². The SMILES string of the molecule is COC(=O)C(C)(N)CSc1ccc(C(C)C)cc1. The third-order valence-electron chi connectivity index (χ3n) is 2.74. The highest BCUT2D eigenvalue weighted by molar-refractivity contribution is 7.99. The van der Waals surface area contributed by atoms with E-state index in [0.29, 0.717) is 11.7 Å². The van der Waals surface area contributed by atoms with Crippen LogP contribution in [-0.4, -0.2) is 24.4 Å². The molecule has 0 aliphatic carbocycles. The van der Waals surface area contributed by atoms with Crippen LogP contribution in [-0.2, 0) is 9.53 Å². The van der Waals surface area contributed by atoms with E-state index in [0.717, 1.165) is 4.90 Å². The molecule has 1 unspecified atom stereocenters. The van der Waals surface area contributed by atoms with E-state index < -0.39 is 5.54 Å². The number of ether oxygens (including phenoxy) is 1. The van der Waals surface area contributed by atoms with Gasteiger partial charge in [-0.1, -0.05) is 26.0 Å². The summed E-state index contributed by atoms with van der Waals surface area (Å²) in [5, 5.41) is 0. The molecule has 2 N–H and O–H groups in total. The summed E-state index contributed by atoms with van der Waals surface area (Å²) < 4.78 is 4.68. The fourth-order valence-corrected chi connectivity index (χ4v) is 2.39. The molecule has 0 aromatic heterocycles. The van der Waals surface area contributed by atoms with E-state index >= 15 is 0 Å². The molecule has 0 radical (unpaired) electrons. The molecule has 1 aromatic carbocycles. The van der Waals surface area contributed by atoms with E-state index in [4.69, 9.17) is 5.73 Å². The van der Waals surface area contributed by atoms with E-state index in [9.17, 15) is 4.79 Å². The Bertz CT molecular complexity index is 399. The van der Waals surface area contributed by atoms with Gasteiger partial charge in [-0.2, -0.15) is 0 Å². The highest BCUT2D eigenvalue weighted by atomic mass is 32.2. The summed E-state index contributed by atoms with van der Waals surface area (Å²) in [6.07, 6.45) is 0. The van der Waals surface area contributed by atoms with Crippen molar-refractivity contribution >= 4 is 17.7 Å². The lowest BCUT2D eigenvalue weighted by molar-refractivity contribution is -0.145. The van der Waals surface area contributed by atoms with Gasteiger partial charge in [0, 0.05) is 10.6 Å². The molecule has 0 saturated carbocycles. The molecule has 0 aliphatic rings. The minimum Gasteiger partial charge on any atom is -0.468 e. The number of hydrogen-bond acceptors (Lipinski definition) is 4. The van der Waals surface area contributed by atoms with Gasteiger partial charge in [-0.25, -0.2) is 0 Å². The Labute approximate surface area is 113 Å². The first kappa shape index (κ1) is 15.1. The molecule has 0 aliphatic heterocycles. The second-order valence-electron chi connectivity index (χ2n) is 4.92. The Morgan fingerprint density at radius 2 is 1.94 bits per heavy atom. The summed E-state index contributed by atoms with van der Waals surface area (Å²) in [4.78, 5) is 12.5. The number of benzene rings is 1. The van der Waals surface area contributed by atoms with E-state index in [1.54, 1.807) is 18.7 Å². The molecule has 0 heterocycles. The van der Waals surface area contributed by atoms with Crippen LogP contribution in [0.4, 0.5) is 0 Å². The van der Waals surface area contributed by atoms with E-state index in [-0.39, 0.29) is 5.97 Å². The van der Waals surface area contributed by atoms with E-state index in [2.05, 4.69) is 42.8 Å². The molecule has 0 fully saturated rings. The van der Waals surface area contributed by atoms with Crippen LogP contribution in [0.5, 0.6) is 0 Å². The Balaban J connectivity index is 2.61. The van der Waals surface area contributed by atoms with Gasteiger partial charge in [-0.05, 0) is 30.5 Å². The first-order valence-corrected chi connectivity index (χ1v) is 6.95. The zero-order valence-corrected chi connectivity index (χ0v) is 12.2. The molecule has 1 aromatic rings. The maximum absolute atomic E-state index is 11.4. The Hall–Kier alpha value is -1.00. The van der Waals surface area contributed by atoms with Crippen molar-refractivity contribution in [2.45, 2.75) is 37.1 Å². The zero-order valence-electron chi connectivity index (χ0n) is 11.4. The first-order valence-electron chi connectivity index (χ1n) is 5.97. The van der Waals surface area contributed by atoms with Crippen LogP contribution in [0, 0.1) is 0 Å². The number of rotatable bonds is 5. The number of carbonyl (C=O) groups is 1. The lowest BCUT2D eigenvalue weighted by Gasteiger charge is -2.20. The van der Waals surface area contributed by atoms with Gasteiger partial charge >= 0.3 is 5.97 Å². The molecule has 0 spiro atoms. The van der Waals surface area contributed by atoms with Gasteiger partial charge in [0.05, 0.1) is 7.11 Å². The standard InChI is InChI=1S/C14H21NO2S/c1-10(2)11-5-7-12(8-6-11)18-9-14(3,15)13(16)17-4/h5-8,10H,9,15H2,1-4H3. The predicted octanol–water partition coefficient (Wildman–Crippen LogP) is 2.79. The fraction of sp³-hybridized carbons (Fsp3) is 0.500. The summed E-state index contributed by atoms with van der Waals surface area (Å²) in [5.74, 6) is 0.647. The molecule has 100 valence electrons. The van der Waals surface area contributed by atoms with Crippen molar-refractivity contribution in [1.82, 2.24) is 0 Å². The number of esters is 1. The molecule has 0 saturated heterocycles. The van der Waals surface area contributed by atoms with Gasteiger partial charge in [0.25, 0.3) is 0 Å². The van der Waals surface area contributed by atoms with Crippen LogP contribution < -0.4 is 5.73 Å². The number of carbonyl (C=O) groups excluding carboxylic acids is 1.